The summed E-state index contributed by atoms with van der Waals surface area (Å²) < 4.78 is 3.34. The van der Waals surface area contributed by atoms with Crippen molar-refractivity contribution in [2.75, 3.05) is 0 Å². The monoisotopic (exact) mass is 576 g/mol. The van der Waals surface area contributed by atoms with Gasteiger partial charge in [-0.1, -0.05) is 109 Å². The summed E-state index contributed by atoms with van der Waals surface area (Å²) in [7, 11) is 0. The standard InChI is InChI=1S/C35H24N6O3/c42-31(25-7-3-1-4-8-25)27-15-11-23(12-16-27)19-40-22-38-29-30-34(37-21-36-33(29)40)41(35(44)39-30)20-24-13-17-28(18-14-24)32(43)26-9-5-2-6-10-26/h1-18,21-22H,19-20H2. The minimum atomic E-state index is -0.447. The van der Waals surface area contributed by atoms with Gasteiger partial charge in [0.05, 0.1) is 19.4 Å². The van der Waals surface area contributed by atoms with Crippen molar-refractivity contribution in [3.05, 3.63) is 166 Å². The Morgan fingerprint density at radius 1 is 0.591 bits per heavy atom. The molecule has 0 spiro atoms. The molecule has 0 bridgehead atoms. The van der Waals surface area contributed by atoms with E-state index in [0.717, 1.165) is 11.1 Å². The zero-order valence-electron chi connectivity index (χ0n) is 23.4. The Hall–Kier alpha value is -6.09. The number of aromatic nitrogens is 6. The molecule has 5 aromatic rings. The van der Waals surface area contributed by atoms with E-state index < -0.39 is 5.69 Å². The van der Waals surface area contributed by atoms with Crippen molar-refractivity contribution in [3.63, 3.8) is 0 Å². The summed E-state index contributed by atoms with van der Waals surface area (Å²) in [6, 6.07) is 32.9. The fraction of sp³-hybridized carbons (Fsp3) is 0.0571. The summed E-state index contributed by atoms with van der Waals surface area (Å²) in [5, 5.41) is 0. The first-order chi connectivity index (χ1) is 21.5. The van der Waals surface area contributed by atoms with Crippen molar-refractivity contribution in [3.8, 4) is 11.5 Å². The molecule has 1 aromatic heterocycles. The van der Waals surface area contributed by atoms with Gasteiger partial charge in [0, 0.05) is 22.3 Å². The van der Waals surface area contributed by atoms with Gasteiger partial charge >= 0.3 is 5.69 Å². The van der Waals surface area contributed by atoms with E-state index >= 15 is 0 Å². The molecule has 0 aliphatic carbocycles. The van der Waals surface area contributed by atoms with Crippen LogP contribution in [0.5, 0.6) is 0 Å². The highest BCUT2D eigenvalue weighted by molar-refractivity contribution is 6.09. The highest BCUT2D eigenvalue weighted by Crippen LogP contribution is 2.24. The third kappa shape index (κ3) is 5.07. The second-order valence-electron chi connectivity index (χ2n) is 10.4. The van der Waals surface area contributed by atoms with Crippen molar-refractivity contribution >= 4 is 22.7 Å². The Morgan fingerprint density at radius 2 is 1.11 bits per heavy atom. The van der Waals surface area contributed by atoms with Gasteiger partial charge in [-0.25, -0.2) is 19.7 Å². The molecule has 9 heteroatoms. The third-order valence-electron chi connectivity index (χ3n) is 7.50. The molecule has 0 fully saturated rings. The lowest BCUT2D eigenvalue weighted by Gasteiger charge is -2.06. The molecule has 0 saturated heterocycles. The van der Waals surface area contributed by atoms with Gasteiger partial charge in [-0.2, -0.15) is 4.98 Å². The van der Waals surface area contributed by atoms with Gasteiger partial charge in [0.25, 0.3) is 0 Å². The maximum absolute atomic E-state index is 13.0. The molecule has 0 N–H and O–H groups in total. The lowest BCUT2D eigenvalue weighted by molar-refractivity contribution is 0.103. The fourth-order valence-electron chi connectivity index (χ4n) is 5.20. The van der Waals surface area contributed by atoms with E-state index in [2.05, 4.69) is 19.9 Å². The van der Waals surface area contributed by atoms with Crippen LogP contribution in [0.3, 0.4) is 0 Å². The van der Waals surface area contributed by atoms with Crippen LogP contribution < -0.4 is 5.69 Å². The van der Waals surface area contributed by atoms with Gasteiger partial charge < -0.3 is 4.57 Å². The van der Waals surface area contributed by atoms with E-state index in [1.54, 1.807) is 42.7 Å². The van der Waals surface area contributed by atoms with E-state index in [-0.39, 0.29) is 18.1 Å². The topological polar surface area (TPSA) is 113 Å². The molecular formula is C35H24N6O3. The molecular weight excluding hydrogens is 552 g/mol. The molecule has 0 atom stereocenters. The Bertz CT molecular complexity index is 2150. The highest BCUT2D eigenvalue weighted by atomic mass is 16.1. The summed E-state index contributed by atoms with van der Waals surface area (Å²) >= 11 is 0. The SMILES string of the molecule is O=C(c1ccccc1)c1ccc(Cn2c3ncnc4c(ncn4Cc4ccc(C(=O)c5ccccc5)cc4)c-3nc2=O)cc1. The molecule has 0 saturated carbocycles. The van der Waals surface area contributed by atoms with E-state index in [0.29, 0.717) is 51.5 Å². The predicted octanol–water partition coefficient (Wildman–Crippen LogP) is 5.05. The van der Waals surface area contributed by atoms with E-state index in [9.17, 15) is 14.4 Å². The van der Waals surface area contributed by atoms with Crippen LogP contribution >= 0.6 is 0 Å². The molecule has 9 nitrogen and oxygen atoms in total. The van der Waals surface area contributed by atoms with E-state index in [1.807, 2.05) is 77.4 Å². The summed E-state index contributed by atoms with van der Waals surface area (Å²) in [6.45, 7) is 0.677. The summed E-state index contributed by atoms with van der Waals surface area (Å²) in [4.78, 5) is 56.3. The lowest BCUT2D eigenvalue weighted by atomic mass is 10.0. The zero-order chi connectivity index (χ0) is 30.0. The van der Waals surface area contributed by atoms with E-state index in [4.69, 9.17) is 0 Å². The van der Waals surface area contributed by atoms with Crippen LogP contribution in [0.1, 0.15) is 43.0 Å². The average Bonchev–Trinajstić information content (AvgIpc) is 3.55. The Balaban J connectivity index is 1.12. The predicted molar refractivity (Wildman–Crippen MR) is 165 cm³/mol. The smallest absolute Gasteiger partial charge is 0.311 e. The zero-order valence-corrected chi connectivity index (χ0v) is 23.4. The average molecular weight is 577 g/mol. The number of hydrogen-bond donors (Lipinski definition) is 0. The Kier molecular flexibility index (Phi) is 6.88. The van der Waals surface area contributed by atoms with Gasteiger partial charge in [0.1, 0.15) is 17.5 Å². The first-order valence-electron chi connectivity index (χ1n) is 14.0. The van der Waals surface area contributed by atoms with Crippen LogP contribution in [-0.2, 0) is 13.1 Å². The summed E-state index contributed by atoms with van der Waals surface area (Å²) in [5.41, 5.74) is 5.12. The largest absolute Gasteiger partial charge is 0.350 e. The molecule has 2 aliphatic rings. The number of hydrogen-bond acceptors (Lipinski definition) is 7. The molecule has 0 unspecified atom stereocenters. The molecule has 7 rings (SSSR count). The normalized spacial score (nSPS) is 11.2. The van der Waals surface area contributed by atoms with Gasteiger partial charge in [0.15, 0.2) is 23.0 Å². The second-order valence-corrected chi connectivity index (χ2v) is 10.4. The summed E-state index contributed by atoms with van der Waals surface area (Å²) in [6.07, 6.45) is 3.07. The van der Waals surface area contributed by atoms with E-state index in [1.165, 1.54) is 10.9 Å². The quantitative estimate of drug-likeness (QED) is 0.233. The lowest BCUT2D eigenvalue weighted by Crippen LogP contribution is -2.17. The number of carbonyl (C=O) groups excluding carboxylic acids is 2. The molecule has 3 heterocycles. The first kappa shape index (κ1) is 26.8. The van der Waals surface area contributed by atoms with Crippen molar-refractivity contribution in [1.82, 2.24) is 29.1 Å². The second kappa shape index (κ2) is 11.3. The number of nitrogens with zero attached hydrogens (tertiary/aromatic N) is 6. The number of carbonyl (C=O) groups is 2. The minimum Gasteiger partial charge on any atom is -0.311 e. The number of imidazole rings is 2. The molecule has 2 aliphatic heterocycles. The number of fused-ring (bicyclic) bond motifs is 3. The molecule has 44 heavy (non-hydrogen) atoms. The van der Waals surface area contributed by atoms with Crippen LogP contribution in [0.2, 0.25) is 0 Å². The Labute approximate surface area is 251 Å². The minimum absolute atomic E-state index is 0.0343. The van der Waals surface area contributed by atoms with Gasteiger partial charge in [0.2, 0.25) is 0 Å². The van der Waals surface area contributed by atoms with Crippen LogP contribution in [0.4, 0.5) is 0 Å². The van der Waals surface area contributed by atoms with Crippen LogP contribution in [0.25, 0.3) is 22.7 Å². The highest BCUT2D eigenvalue weighted by Gasteiger charge is 2.21. The molecule has 0 amide bonds. The van der Waals surface area contributed by atoms with Crippen molar-refractivity contribution in [2.24, 2.45) is 0 Å². The van der Waals surface area contributed by atoms with Crippen molar-refractivity contribution < 1.29 is 9.59 Å². The maximum atomic E-state index is 13.0. The fourth-order valence-corrected chi connectivity index (χ4v) is 5.20. The van der Waals surface area contributed by atoms with Gasteiger partial charge in [-0.15, -0.1) is 0 Å². The Morgan fingerprint density at radius 3 is 1.68 bits per heavy atom. The van der Waals surface area contributed by atoms with Crippen LogP contribution in [0, 0.1) is 0 Å². The van der Waals surface area contributed by atoms with Gasteiger partial charge in [-0.3, -0.25) is 14.2 Å². The van der Waals surface area contributed by atoms with Crippen LogP contribution in [-0.4, -0.2) is 40.6 Å². The molecule has 4 aromatic carbocycles. The molecule has 0 radical (unpaired) electrons. The summed E-state index contributed by atoms with van der Waals surface area (Å²) in [5.74, 6) is 0.271. The molecule has 212 valence electrons. The maximum Gasteiger partial charge on any atom is 0.350 e. The number of benzene rings is 4. The first-order valence-corrected chi connectivity index (χ1v) is 14.0. The third-order valence-corrected chi connectivity index (χ3v) is 7.50. The van der Waals surface area contributed by atoms with Crippen molar-refractivity contribution in [1.29, 1.82) is 0 Å². The number of ketones is 2. The van der Waals surface area contributed by atoms with Crippen LogP contribution in [0.15, 0.2) is 127 Å². The number of rotatable bonds is 8. The van der Waals surface area contributed by atoms with Crippen molar-refractivity contribution in [2.45, 2.75) is 13.1 Å². The van der Waals surface area contributed by atoms with Gasteiger partial charge in [-0.05, 0) is 11.1 Å².